The van der Waals surface area contributed by atoms with E-state index in [1.807, 2.05) is 0 Å². The molecular formula is C32H40N4. The van der Waals surface area contributed by atoms with Crippen molar-refractivity contribution in [2.24, 2.45) is 0 Å². The lowest BCUT2D eigenvalue weighted by Gasteiger charge is -2.31. The van der Waals surface area contributed by atoms with Crippen LogP contribution in [0.2, 0.25) is 0 Å². The van der Waals surface area contributed by atoms with Crippen LogP contribution in [0.1, 0.15) is 113 Å². The average Bonchev–Trinajstić information content (AvgIpc) is 3.71. The summed E-state index contributed by atoms with van der Waals surface area (Å²) < 4.78 is 0. The van der Waals surface area contributed by atoms with Crippen LogP contribution >= 0.6 is 0 Å². The van der Waals surface area contributed by atoms with Crippen molar-refractivity contribution in [3.63, 3.8) is 0 Å². The summed E-state index contributed by atoms with van der Waals surface area (Å²) in [6, 6.07) is 18.1. The molecule has 4 heteroatoms. The molecule has 4 aromatic rings. The minimum absolute atomic E-state index is 0.105. The zero-order chi connectivity index (χ0) is 25.5. The molecule has 0 saturated heterocycles. The Hall–Kier alpha value is -3.40. The predicted molar refractivity (Wildman–Crippen MR) is 151 cm³/mol. The SMILES string of the molecule is CC=C1c2ccc([nH]2)C(CC)(CC)c2ccc([nH]2)C(=CC)c2ccc([nH]2)C(CC)(CC)c2ccc1[nH]2. The molecule has 5 heterocycles. The van der Waals surface area contributed by atoms with Gasteiger partial charge in [-0.05, 0) is 88.1 Å². The van der Waals surface area contributed by atoms with E-state index >= 15 is 0 Å². The minimum Gasteiger partial charge on any atom is -0.358 e. The van der Waals surface area contributed by atoms with Crippen LogP contribution in [0, 0.1) is 0 Å². The van der Waals surface area contributed by atoms with Gasteiger partial charge in [-0.25, -0.2) is 0 Å². The Morgan fingerprint density at radius 1 is 0.472 bits per heavy atom. The monoisotopic (exact) mass is 480 g/mol. The van der Waals surface area contributed by atoms with Gasteiger partial charge < -0.3 is 19.9 Å². The molecule has 0 spiro atoms. The van der Waals surface area contributed by atoms with E-state index in [-0.39, 0.29) is 10.8 Å². The van der Waals surface area contributed by atoms with E-state index in [9.17, 15) is 0 Å². The maximum atomic E-state index is 3.83. The van der Waals surface area contributed by atoms with Crippen LogP contribution in [-0.2, 0) is 10.8 Å². The summed E-state index contributed by atoms with van der Waals surface area (Å²) in [6.07, 6.45) is 8.46. The minimum atomic E-state index is -0.105. The zero-order valence-electron chi connectivity index (χ0n) is 22.6. The van der Waals surface area contributed by atoms with E-state index in [1.165, 1.54) is 33.9 Å². The Balaban J connectivity index is 1.80. The summed E-state index contributed by atoms with van der Waals surface area (Å²) in [5.74, 6) is 0. The van der Waals surface area contributed by atoms with E-state index in [0.717, 1.165) is 48.5 Å². The van der Waals surface area contributed by atoms with E-state index in [0.29, 0.717) is 0 Å². The number of aromatic amines is 4. The van der Waals surface area contributed by atoms with E-state index in [1.54, 1.807) is 0 Å². The number of fused-ring (bicyclic) bond motifs is 8. The molecule has 36 heavy (non-hydrogen) atoms. The second-order valence-corrected chi connectivity index (χ2v) is 10.1. The highest BCUT2D eigenvalue weighted by atomic mass is 14.9. The highest BCUT2D eigenvalue weighted by Crippen LogP contribution is 2.42. The third-order valence-corrected chi connectivity index (χ3v) is 8.96. The fraction of sp³-hybridized carbons (Fsp3) is 0.375. The molecule has 188 valence electrons. The molecule has 5 rings (SSSR count). The molecule has 4 N–H and O–H groups in total. The molecule has 4 aromatic heterocycles. The van der Waals surface area contributed by atoms with Crippen LogP contribution in [0.5, 0.6) is 0 Å². The number of hydrogen-bond acceptors (Lipinski definition) is 0. The first kappa shape index (κ1) is 24.3. The van der Waals surface area contributed by atoms with Gasteiger partial charge in [-0.15, -0.1) is 0 Å². The van der Waals surface area contributed by atoms with Crippen LogP contribution in [0.4, 0.5) is 0 Å². The lowest BCUT2D eigenvalue weighted by Crippen LogP contribution is -2.27. The van der Waals surface area contributed by atoms with Crippen LogP contribution in [-0.4, -0.2) is 19.9 Å². The van der Waals surface area contributed by atoms with Crippen LogP contribution < -0.4 is 0 Å². The molecule has 1 aliphatic rings. The molecule has 0 amide bonds. The standard InChI is InChI=1S/C32H40N4/c1-7-21-23-13-17-27(33-23)31(9-3,10-4)29-19-15-25(35-29)22(8-2)26-16-20-30(36-26)32(11-5,12-6)28-18-14-24(21)34-28/h7-8,13-20,33-36H,9-12H2,1-6H3. The second kappa shape index (κ2) is 9.24. The van der Waals surface area contributed by atoms with E-state index < -0.39 is 0 Å². The first-order valence-electron chi connectivity index (χ1n) is 13.6. The largest absolute Gasteiger partial charge is 0.358 e. The molecular weight excluding hydrogens is 440 g/mol. The van der Waals surface area contributed by atoms with Crippen molar-refractivity contribution in [3.8, 4) is 0 Å². The Morgan fingerprint density at radius 2 is 0.722 bits per heavy atom. The maximum absolute atomic E-state index is 3.83. The zero-order valence-corrected chi connectivity index (χ0v) is 22.6. The van der Waals surface area contributed by atoms with Crippen molar-refractivity contribution >= 4 is 11.1 Å². The first-order chi connectivity index (χ1) is 17.5. The topological polar surface area (TPSA) is 63.2 Å². The highest BCUT2D eigenvalue weighted by Gasteiger charge is 2.36. The average molecular weight is 481 g/mol. The summed E-state index contributed by atoms with van der Waals surface area (Å²) in [5, 5.41) is 0. The summed E-state index contributed by atoms with van der Waals surface area (Å²) in [5.41, 5.74) is 11.9. The van der Waals surface area contributed by atoms with Crippen molar-refractivity contribution in [2.45, 2.75) is 78.1 Å². The molecule has 1 aliphatic heterocycles. The number of rotatable bonds is 4. The third kappa shape index (κ3) is 3.42. The lowest BCUT2D eigenvalue weighted by molar-refractivity contribution is 0.454. The Bertz CT molecular complexity index is 1200. The summed E-state index contributed by atoms with van der Waals surface area (Å²) >= 11 is 0. The van der Waals surface area contributed by atoms with E-state index in [4.69, 9.17) is 0 Å². The number of nitrogens with one attached hydrogen (secondary N) is 4. The third-order valence-electron chi connectivity index (χ3n) is 8.96. The molecule has 0 fully saturated rings. The fourth-order valence-electron chi connectivity index (χ4n) is 6.55. The van der Waals surface area contributed by atoms with Crippen LogP contribution in [0.3, 0.4) is 0 Å². The molecule has 0 radical (unpaired) electrons. The van der Waals surface area contributed by atoms with Crippen molar-refractivity contribution in [1.82, 2.24) is 19.9 Å². The van der Waals surface area contributed by atoms with E-state index in [2.05, 4.69) is 122 Å². The molecule has 0 atom stereocenters. The van der Waals surface area contributed by atoms with Gasteiger partial charge in [0, 0.05) is 67.5 Å². The highest BCUT2D eigenvalue weighted by molar-refractivity contribution is 5.78. The van der Waals surface area contributed by atoms with Gasteiger partial charge in [0.25, 0.3) is 0 Å². The molecule has 8 bridgehead atoms. The van der Waals surface area contributed by atoms with Crippen molar-refractivity contribution in [2.75, 3.05) is 0 Å². The van der Waals surface area contributed by atoms with Gasteiger partial charge in [-0.2, -0.15) is 0 Å². The van der Waals surface area contributed by atoms with Gasteiger partial charge in [-0.3, -0.25) is 0 Å². The Morgan fingerprint density at radius 3 is 0.917 bits per heavy atom. The van der Waals surface area contributed by atoms with Gasteiger partial charge >= 0.3 is 0 Å². The summed E-state index contributed by atoms with van der Waals surface area (Å²) in [4.78, 5) is 15.3. The van der Waals surface area contributed by atoms with Crippen LogP contribution in [0.15, 0.2) is 60.7 Å². The number of H-pyrrole nitrogens is 4. The fourth-order valence-corrected chi connectivity index (χ4v) is 6.55. The Labute approximate surface area is 215 Å². The van der Waals surface area contributed by atoms with Crippen molar-refractivity contribution in [1.29, 1.82) is 0 Å². The summed E-state index contributed by atoms with van der Waals surface area (Å²) in [6.45, 7) is 13.4. The quantitative estimate of drug-likeness (QED) is 0.226. The van der Waals surface area contributed by atoms with Crippen molar-refractivity contribution in [3.05, 3.63) is 106 Å². The van der Waals surface area contributed by atoms with Gasteiger partial charge in [0.15, 0.2) is 0 Å². The smallest absolute Gasteiger partial charge is 0.0498 e. The summed E-state index contributed by atoms with van der Waals surface area (Å²) in [7, 11) is 0. The lowest BCUT2D eigenvalue weighted by atomic mass is 9.76. The Kier molecular flexibility index (Phi) is 6.23. The maximum Gasteiger partial charge on any atom is 0.0498 e. The van der Waals surface area contributed by atoms with Gasteiger partial charge in [0.1, 0.15) is 0 Å². The number of hydrogen-bond donors (Lipinski definition) is 4. The number of aromatic nitrogens is 4. The number of allylic oxidation sites excluding steroid dienone is 2. The molecule has 0 aliphatic carbocycles. The van der Waals surface area contributed by atoms with Gasteiger partial charge in [0.2, 0.25) is 0 Å². The molecule has 4 nitrogen and oxygen atoms in total. The van der Waals surface area contributed by atoms with Crippen molar-refractivity contribution < 1.29 is 0 Å². The molecule has 0 unspecified atom stereocenters. The van der Waals surface area contributed by atoms with Gasteiger partial charge in [0.05, 0.1) is 0 Å². The molecule has 0 saturated carbocycles. The normalized spacial score (nSPS) is 16.3. The first-order valence-corrected chi connectivity index (χ1v) is 13.6. The van der Waals surface area contributed by atoms with Crippen LogP contribution in [0.25, 0.3) is 11.1 Å². The molecule has 0 aromatic carbocycles. The predicted octanol–water partition coefficient (Wildman–Crippen LogP) is 8.43. The second-order valence-electron chi connectivity index (χ2n) is 10.1. The van der Waals surface area contributed by atoms with Gasteiger partial charge in [-0.1, -0.05) is 39.8 Å².